The zero-order valence-electron chi connectivity index (χ0n) is 32.6. The van der Waals surface area contributed by atoms with Crippen LogP contribution in [0.2, 0.25) is 5.02 Å². The van der Waals surface area contributed by atoms with Crippen molar-refractivity contribution in [1.82, 2.24) is 10.0 Å². The third-order valence-electron chi connectivity index (χ3n) is 10.00. The summed E-state index contributed by atoms with van der Waals surface area (Å²) in [6.45, 7) is 5.80. The first-order valence-corrected chi connectivity index (χ1v) is 22.6. The molecule has 2 N–H and O–H groups in total. The minimum Gasteiger partial charge on any atom is -0.495 e. The first-order valence-electron chi connectivity index (χ1n) is 18.5. The number of thiophene rings is 1. The van der Waals surface area contributed by atoms with Crippen LogP contribution < -0.4 is 28.9 Å². The lowest BCUT2D eigenvalue weighted by Gasteiger charge is -2.32. The van der Waals surface area contributed by atoms with Crippen LogP contribution in [0.1, 0.15) is 44.1 Å². The first kappa shape index (κ1) is 48.6. The van der Waals surface area contributed by atoms with E-state index in [1.165, 1.54) is 11.3 Å². The Kier molecular flexibility index (Phi) is 18.4. The average molecular weight is 922 g/mol. The standard InChI is InChI=1S/C40H50ClN5O5S3.3ClH/c1-29-34-27-30(41)17-20-38(34)52-40(29)54(49,50)46(31-18-19-37(51-4)36(28-31)45-25-22-42-23-26-45)24-10-8-6-5-7-9-21-43-53(47,48)39-16-12-13-32-33(39)14-11-15-35(32)44(2)3;;;/h11-20,27-28,42-43H,5-10,21-26H2,1-4H3;3*1H. The Bertz CT molecular complexity index is 2320. The highest BCUT2D eigenvalue weighted by atomic mass is 35.5. The second kappa shape index (κ2) is 21.5. The number of hydrogen-bond acceptors (Lipinski definition) is 9. The number of anilines is 3. The molecular weight excluding hydrogens is 868 g/mol. The van der Waals surface area contributed by atoms with E-state index in [-0.39, 0.29) is 42.1 Å². The van der Waals surface area contributed by atoms with Gasteiger partial charge in [-0.25, -0.2) is 21.6 Å². The number of benzene rings is 4. The number of rotatable bonds is 17. The number of aryl methyl sites for hydroxylation is 1. The summed E-state index contributed by atoms with van der Waals surface area (Å²) in [4.78, 5) is 4.50. The number of sulfonamides is 2. The van der Waals surface area contributed by atoms with Gasteiger partial charge in [0.1, 0.15) is 9.96 Å². The van der Waals surface area contributed by atoms with Crippen molar-refractivity contribution in [2.24, 2.45) is 0 Å². The number of piperazine rings is 1. The Hall–Kier alpha value is -2.72. The Morgan fingerprint density at radius 1 is 0.825 bits per heavy atom. The number of nitrogens with zero attached hydrogens (tertiary/aromatic N) is 3. The molecule has 4 aromatic carbocycles. The Morgan fingerprint density at radius 3 is 2.19 bits per heavy atom. The van der Waals surface area contributed by atoms with Crippen molar-refractivity contribution in [3.05, 3.63) is 83.4 Å². The number of ether oxygens (including phenoxy) is 1. The number of fused-ring (bicyclic) bond motifs is 2. The SMILES string of the molecule is COc1ccc(N(CCCCCCCCNS(=O)(=O)c2cccc3c(N(C)C)cccc23)S(=O)(=O)c2sc3ccc(Cl)cc3c2C)cc1N1CCNCC1.Cl.Cl.Cl. The lowest BCUT2D eigenvalue weighted by atomic mass is 10.1. The molecule has 314 valence electrons. The van der Waals surface area contributed by atoms with Gasteiger partial charge in [-0.3, -0.25) is 4.31 Å². The van der Waals surface area contributed by atoms with E-state index >= 15 is 0 Å². The lowest BCUT2D eigenvalue weighted by Crippen LogP contribution is -2.43. The topological polar surface area (TPSA) is 111 Å². The zero-order chi connectivity index (χ0) is 38.5. The van der Waals surface area contributed by atoms with Gasteiger partial charge in [-0.05, 0) is 79.2 Å². The molecule has 0 amide bonds. The van der Waals surface area contributed by atoms with Crippen molar-refractivity contribution in [2.75, 3.05) is 74.6 Å². The van der Waals surface area contributed by atoms with E-state index in [2.05, 4.69) is 14.9 Å². The zero-order valence-corrected chi connectivity index (χ0v) is 38.3. The molecule has 10 nitrogen and oxygen atoms in total. The van der Waals surface area contributed by atoms with Gasteiger partial charge in [0.25, 0.3) is 10.0 Å². The number of halogens is 4. The summed E-state index contributed by atoms with van der Waals surface area (Å²) in [7, 11) is -2.07. The van der Waals surface area contributed by atoms with Crippen LogP contribution in [0.25, 0.3) is 20.9 Å². The smallest absolute Gasteiger partial charge is 0.274 e. The number of hydrogen-bond donors (Lipinski definition) is 2. The molecule has 0 aliphatic carbocycles. The third kappa shape index (κ3) is 11.1. The van der Waals surface area contributed by atoms with Crippen LogP contribution in [0.5, 0.6) is 5.75 Å². The molecule has 1 aliphatic heterocycles. The van der Waals surface area contributed by atoms with Crippen molar-refractivity contribution in [1.29, 1.82) is 0 Å². The van der Waals surface area contributed by atoms with Gasteiger partial charge in [-0.2, -0.15) is 0 Å². The molecule has 0 atom stereocenters. The van der Waals surface area contributed by atoms with Crippen LogP contribution in [0.3, 0.4) is 0 Å². The van der Waals surface area contributed by atoms with Crippen molar-refractivity contribution in [3.63, 3.8) is 0 Å². The minimum absolute atomic E-state index is 0. The summed E-state index contributed by atoms with van der Waals surface area (Å²) in [6, 6.07) is 22.2. The van der Waals surface area contributed by atoms with Crippen molar-refractivity contribution in [3.8, 4) is 5.75 Å². The number of unbranched alkanes of at least 4 members (excludes halogenated alkanes) is 5. The second-order valence-corrected chi connectivity index (χ2v) is 19.1. The molecule has 0 bridgehead atoms. The Labute approximate surface area is 365 Å². The molecule has 0 unspecified atom stereocenters. The van der Waals surface area contributed by atoms with E-state index in [0.717, 1.165) is 78.7 Å². The molecule has 0 spiro atoms. The van der Waals surface area contributed by atoms with Gasteiger partial charge < -0.3 is 19.9 Å². The highest BCUT2D eigenvalue weighted by Crippen LogP contribution is 2.40. The van der Waals surface area contributed by atoms with Gasteiger partial charge in [-0.15, -0.1) is 48.6 Å². The highest BCUT2D eigenvalue weighted by Gasteiger charge is 2.30. The maximum Gasteiger partial charge on any atom is 0.274 e. The van der Waals surface area contributed by atoms with Crippen molar-refractivity contribution in [2.45, 2.75) is 54.6 Å². The van der Waals surface area contributed by atoms with Crippen LogP contribution in [-0.4, -0.2) is 77.3 Å². The third-order valence-corrected chi connectivity index (χ3v) is 15.4. The fraction of sp³-hybridized carbons (Fsp3) is 0.400. The van der Waals surface area contributed by atoms with Crippen LogP contribution in [0.4, 0.5) is 17.1 Å². The first-order chi connectivity index (χ1) is 25.9. The number of nitrogens with one attached hydrogen (secondary N) is 2. The molecule has 0 saturated carbocycles. The van der Waals surface area contributed by atoms with E-state index in [9.17, 15) is 16.8 Å². The van der Waals surface area contributed by atoms with Gasteiger partial charge in [0.05, 0.1) is 23.4 Å². The Morgan fingerprint density at radius 2 is 1.49 bits per heavy atom. The van der Waals surface area contributed by atoms with E-state index in [1.807, 2.05) is 80.5 Å². The average Bonchev–Trinajstić information content (AvgIpc) is 3.50. The normalized spacial score (nSPS) is 13.1. The van der Waals surface area contributed by atoms with Gasteiger partial charge >= 0.3 is 0 Å². The van der Waals surface area contributed by atoms with Gasteiger partial charge in [-0.1, -0.05) is 61.5 Å². The van der Waals surface area contributed by atoms with Crippen molar-refractivity contribution < 1.29 is 21.6 Å². The van der Waals surface area contributed by atoms with E-state index in [1.54, 1.807) is 29.6 Å². The summed E-state index contributed by atoms with van der Waals surface area (Å²) in [5, 5.41) is 6.40. The highest BCUT2D eigenvalue weighted by molar-refractivity contribution is 7.95. The summed E-state index contributed by atoms with van der Waals surface area (Å²) < 4.78 is 67.0. The quantitative estimate of drug-likeness (QED) is 0.0889. The number of methoxy groups -OCH3 is 1. The van der Waals surface area contributed by atoms with Gasteiger partial charge in [0.15, 0.2) is 0 Å². The molecule has 17 heteroatoms. The summed E-state index contributed by atoms with van der Waals surface area (Å²) in [5.41, 5.74) is 3.16. The second-order valence-electron chi connectivity index (χ2n) is 13.9. The summed E-state index contributed by atoms with van der Waals surface area (Å²) >= 11 is 7.58. The maximum atomic E-state index is 14.6. The molecule has 1 aliphatic rings. The van der Waals surface area contributed by atoms with Crippen LogP contribution in [-0.2, 0) is 20.0 Å². The minimum atomic E-state index is -3.92. The largest absolute Gasteiger partial charge is 0.495 e. The molecule has 1 saturated heterocycles. The van der Waals surface area contributed by atoms with Crippen LogP contribution in [0, 0.1) is 6.92 Å². The predicted octanol–water partition coefficient (Wildman–Crippen LogP) is 9.28. The van der Waals surface area contributed by atoms with Gasteiger partial charge in [0, 0.05) is 79.5 Å². The molecule has 0 radical (unpaired) electrons. The molecule has 1 aromatic heterocycles. The molecule has 5 aromatic rings. The summed E-state index contributed by atoms with van der Waals surface area (Å²) in [6.07, 6.45) is 4.91. The molecule has 1 fully saturated rings. The molecule has 6 rings (SSSR count). The fourth-order valence-electron chi connectivity index (χ4n) is 7.15. The van der Waals surface area contributed by atoms with Gasteiger partial charge in [0.2, 0.25) is 10.0 Å². The summed E-state index contributed by atoms with van der Waals surface area (Å²) in [5.74, 6) is 0.712. The van der Waals surface area contributed by atoms with Crippen molar-refractivity contribution >= 4 is 118 Å². The van der Waals surface area contributed by atoms with E-state index in [0.29, 0.717) is 57.5 Å². The lowest BCUT2D eigenvalue weighted by molar-refractivity contribution is 0.413. The monoisotopic (exact) mass is 919 g/mol. The molecular formula is C40H53Cl4N5O5S3. The molecule has 2 heterocycles. The predicted molar refractivity (Wildman–Crippen MR) is 247 cm³/mol. The fourth-order valence-corrected chi connectivity index (χ4v) is 12.0. The van der Waals surface area contributed by atoms with E-state index in [4.69, 9.17) is 16.3 Å². The van der Waals surface area contributed by atoms with Crippen LogP contribution >= 0.6 is 60.2 Å². The molecule has 57 heavy (non-hydrogen) atoms. The van der Waals surface area contributed by atoms with Crippen LogP contribution in [0.15, 0.2) is 81.9 Å². The Balaban J connectivity index is 0.00000290. The maximum absolute atomic E-state index is 14.6. The van der Waals surface area contributed by atoms with E-state index < -0.39 is 20.0 Å².